The van der Waals surface area contributed by atoms with E-state index in [0.717, 1.165) is 4.90 Å². The van der Waals surface area contributed by atoms with Crippen molar-refractivity contribution in [3.63, 3.8) is 0 Å². The van der Waals surface area contributed by atoms with Gasteiger partial charge in [-0.05, 0) is 12.1 Å². The highest BCUT2D eigenvalue weighted by molar-refractivity contribution is 6.12. The van der Waals surface area contributed by atoms with E-state index in [4.69, 9.17) is 0 Å². The topological polar surface area (TPSA) is 76.6 Å². The van der Waals surface area contributed by atoms with Crippen LogP contribution >= 0.6 is 0 Å². The number of ether oxygens (including phenoxy) is 1. The molecule has 0 saturated carbocycles. The summed E-state index contributed by atoms with van der Waals surface area (Å²) >= 11 is 0. The van der Waals surface area contributed by atoms with E-state index in [1.54, 1.807) is 0 Å². The Labute approximate surface area is 98.2 Å². The smallest absolute Gasteiger partial charge is 0.338 e. The average Bonchev–Trinajstić information content (AvgIpc) is 2.27. The highest BCUT2D eigenvalue weighted by atomic mass is 16.5. The highest BCUT2D eigenvalue weighted by Gasteiger charge is 2.19. The van der Waals surface area contributed by atoms with Crippen LogP contribution in [0.1, 0.15) is 24.2 Å². The Kier molecular flexibility index (Phi) is 3.92. The van der Waals surface area contributed by atoms with Gasteiger partial charge in [-0.1, -0.05) is 0 Å². The van der Waals surface area contributed by atoms with E-state index in [0.29, 0.717) is 0 Å². The van der Waals surface area contributed by atoms with Gasteiger partial charge in [0.05, 0.1) is 12.7 Å². The van der Waals surface area contributed by atoms with Crippen LogP contribution in [0.15, 0.2) is 18.3 Å². The average molecular weight is 236 g/mol. The molecule has 0 aliphatic carbocycles. The minimum atomic E-state index is -0.555. The van der Waals surface area contributed by atoms with Crippen LogP contribution in [-0.2, 0) is 14.3 Å². The Balaban J connectivity index is 3.17. The summed E-state index contributed by atoms with van der Waals surface area (Å²) in [5, 5.41) is 0. The Morgan fingerprint density at radius 1 is 1.24 bits per heavy atom. The first-order valence-corrected chi connectivity index (χ1v) is 4.83. The molecule has 0 aliphatic rings. The first-order valence-electron chi connectivity index (χ1n) is 4.83. The third-order valence-electron chi connectivity index (χ3n) is 2.03. The predicted octanol–water partition coefficient (Wildman–Crippen LogP) is 0.768. The van der Waals surface area contributed by atoms with Crippen LogP contribution in [0.5, 0.6) is 0 Å². The lowest BCUT2D eigenvalue weighted by molar-refractivity contribution is -0.124. The quantitative estimate of drug-likeness (QED) is 0.709. The van der Waals surface area contributed by atoms with Gasteiger partial charge < -0.3 is 4.74 Å². The minimum absolute atomic E-state index is 0.105. The number of hydrogen-bond acceptors (Lipinski definition) is 5. The van der Waals surface area contributed by atoms with Crippen LogP contribution < -0.4 is 4.90 Å². The van der Waals surface area contributed by atoms with Gasteiger partial charge in [-0.15, -0.1) is 0 Å². The van der Waals surface area contributed by atoms with Crippen LogP contribution in [0, 0.1) is 0 Å². The van der Waals surface area contributed by atoms with Crippen LogP contribution in [0.2, 0.25) is 0 Å². The van der Waals surface area contributed by atoms with Gasteiger partial charge in [0.25, 0.3) is 0 Å². The molecule has 1 heterocycles. The molecule has 0 saturated heterocycles. The normalized spacial score (nSPS) is 9.59. The number of amides is 2. The molecule has 0 bridgehead atoms. The number of nitrogens with zero attached hydrogens (tertiary/aromatic N) is 2. The zero-order chi connectivity index (χ0) is 13.0. The van der Waals surface area contributed by atoms with Gasteiger partial charge in [0.1, 0.15) is 5.82 Å². The maximum absolute atomic E-state index is 11.3. The molecule has 0 spiro atoms. The van der Waals surface area contributed by atoms with Gasteiger partial charge in [0.15, 0.2) is 0 Å². The van der Waals surface area contributed by atoms with Gasteiger partial charge >= 0.3 is 5.97 Å². The van der Waals surface area contributed by atoms with Crippen molar-refractivity contribution < 1.29 is 19.1 Å². The Morgan fingerprint density at radius 3 is 2.29 bits per heavy atom. The number of carbonyl (C=O) groups is 3. The molecule has 0 N–H and O–H groups in total. The van der Waals surface area contributed by atoms with Crippen molar-refractivity contribution in [2.45, 2.75) is 13.8 Å². The maximum atomic E-state index is 11.3. The Hall–Kier alpha value is -2.24. The van der Waals surface area contributed by atoms with E-state index in [9.17, 15) is 14.4 Å². The molecular formula is C11H12N2O4. The number of imide groups is 1. The van der Waals surface area contributed by atoms with Crippen molar-refractivity contribution in [1.29, 1.82) is 0 Å². The summed E-state index contributed by atoms with van der Waals surface area (Å²) in [6, 6.07) is 2.77. The van der Waals surface area contributed by atoms with E-state index in [1.807, 2.05) is 0 Å². The van der Waals surface area contributed by atoms with Gasteiger partial charge in [-0.25, -0.2) is 14.7 Å². The number of hydrogen-bond donors (Lipinski definition) is 0. The second-order valence-electron chi connectivity index (χ2n) is 3.27. The Bertz CT molecular complexity index is 456. The van der Waals surface area contributed by atoms with Crippen LogP contribution in [-0.4, -0.2) is 29.9 Å². The molecule has 0 fully saturated rings. The first kappa shape index (κ1) is 12.8. The van der Waals surface area contributed by atoms with Crippen molar-refractivity contribution in [2.75, 3.05) is 12.0 Å². The predicted molar refractivity (Wildman–Crippen MR) is 59.4 cm³/mol. The fraction of sp³-hybridized carbons (Fsp3) is 0.273. The van der Waals surface area contributed by atoms with Gasteiger partial charge in [-0.2, -0.15) is 0 Å². The minimum Gasteiger partial charge on any atom is -0.465 e. The molecule has 0 unspecified atom stereocenters. The molecule has 17 heavy (non-hydrogen) atoms. The van der Waals surface area contributed by atoms with E-state index in [2.05, 4.69) is 9.72 Å². The molecule has 2 amide bonds. The number of pyridine rings is 1. The molecule has 90 valence electrons. The molecule has 6 heteroatoms. The summed E-state index contributed by atoms with van der Waals surface area (Å²) in [6.07, 6.45) is 1.33. The number of methoxy groups -OCH3 is 1. The van der Waals surface area contributed by atoms with Gasteiger partial charge in [-0.3, -0.25) is 9.59 Å². The number of anilines is 1. The second-order valence-corrected chi connectivity index (χ2v) is 3.27. The highest BCUT2D eigenvalue weighted by Crippen LogP contribution is 2.14. The summed E-state index contributed by atoms with van der Waals surface area (Å²) in [5.74, 6) is -1.38. The molecule has 0 radical (unpaired) electrons. The molecular weight excluding hydrogens is 224 g/mol. The number of rotatable bonds is 2. The standard InChI is InChI=1S/C11H12N2O4/c1-7(14)13(8(2)15)10-6-9(4-5-12-10)11(16)17-3/h4-6H,1-3H3. The van der Waals surface area contributed by atoms with Crippen LogP contribution in [0.3, 0.4) is 0 Å². The zero-order valence-corrected chi connectivity index (χ0v) is 9.76. The molecule has 1 aromatic rings. The first-order chi connectivity index (χ1) is 7.97. The van der Waals surface area contributed by atoms with E-state index in [1.165, 1.54) is 39.3 Å². The lowest BCUT2D eigenvalue weighted by Crippen LogP contribution is -2.33. The summed E-state index contributed by atoms with van der Waals surface area (Å²) in [5.41, 5.74) is 0.227. The van der Waals surface area contributed by atoms with Crippen molar-refractivity contribution in [3.05, 3.63) is 23.9 Å². The van der Waals surface area contributed by atoms with Crippen molar-refractivity contribution in [1.82, 2.24) is 4.98 Å². The SMILES string of the molecule is COC(=O)c1ccnc(N(C(C)=O)C(C)=O)c1. The molecule has 1 rings (SSSR count). The third kappa shape index (κ3) is 2.87. The number of carbonyl (C=O) groups excluding carboxylic acids is 3. The van der Waals surface area contributed by atoms with E-state index in [-0.39, 0.29) is 11.4 Å². The second kappa shape index (κ2) is 5.20. The lowest BCUT2D eigenvalue weighted by Gasteiger charge is -2.16. The van der Waals surface area contributed by atoms with Crippen molar-refractivity contribution in [2.24, 2.45) is 0 Å². The molecule has 1 aromatic heterocycles. The molecule has 0 atom stereocenters. The third-order valence-corrected chi connectivity index (χ3v) is 2.03. The molecule has 0 aromatic carbocycles. The lowest BCUT2D eigenvalue weighted by atomic mass is 10.2. The van der Waals surface area contributed by atoms with Crippen LogP contribution in [0.4, 0.5) is 5.82 Å². The summed E-state index contributed by atoms with van der Waals surface area (Å²) in [4.78, 5) is 38.6. The van der Waals surface area contributed by atoms with Gasteiger partial charge in [0.2, 0.25) is 11.8 Å². The molecule has 6 nitrogen and oxygen atoms in total. The summed E-state index contributed by atoms with van der Waals surface area (Å²) in [6.45, 7) is 2.49. The molecule has 0 aliphatic heterocycles. The van der Waals surface area contributed by atoms with Crippen molar-refractivity contribution >= 4 is 23.6 Å². The Morgan fingerprint density at radius 2 is 1.82 bits per heavy atom. The zero-order valence-electron chi connectivity index (χ0n) is 9.76. The summed E-state index contributed by atoms with van der Waals surface area (Å²) < 4.78 is 4.54. The van der Waals surface area contributed by atoms with Gasteiger partial charge in [0, 0.05) is 20.0 Å². The number of aromatic nitrogens is 1. The van der Waals surface area contributed by atoms with E-state index < -0.39 is 17.8 Å². The fourth-order valence-electron chi connectivity index (χ4n) is 1.33. The summed E-state index contributed by atoms with van der Waals surface area (Å²) in [7, 11) is 1.25. The van der Waals surface area contributed by atoms with Crippen LogP contribution in [0.25, 0.3) is 0 Å². The monoisotopic (exact) mass is 236 g/mol. The number of esters is 1. The maximum Gasteiger partial charge on any atom is 0.338 e. The fourth-order valence-corrected chi connectivity index (χ4v) is 1.33. The van der Waals surface area contributed by atoms with E-state index >= 15 is 0 Å². The largest absolute Gasteiger partial charge is 0.465 e. The van der Waals surface area contributed by atoms with Crippen molar-refractivity contribution in [3.8, 4) is 0 Å².